The summed E-state index contributed by atoms with van der Waals surface area (Å²) in [6.45, 7) is 0. The first kappa shape index (κ1) is 10.5. The van der Waals surface area contributed by atoms with Gasteiger partial charge in [-0.15, -0.1) is 0 Å². The summed E-state index contributed by atoms with van der Waals surface area (Å²) >= 11 is 3.56. The number of aliphatic hydroxyl groups excluding tert-OH is 1. The highest BCUT2D eigenvalue weighted by Gasteiger charge is 2.41. The molecule has 0 radical (unpaired) electrons. The molecule has 0 amide bonds. The third kappa shape index (κ3) is 1.64. The Morgan fingerprint density at radius 1 is 1.31 bits per heavy atom. The minimum Gasteiger partial charge on any atom is -0.393 e. The van der Waals surface area contributed by atoms with Crippen molar-refractivity contribution in [3.8, 4) is 0 Å². The van der Waals surface area contributed by atoms with E-state index < -0.39 is 0 Å². The van der Waals surface area contributed by atoms with E-state index in [9.17, 15) is 5.11 Å². The van der Waals surface area contributed by atoms with Gasteiger partial charge in [0.1, 0.15) is 5.82 Å². The van der Waals surface area contributed by atoms with E-state index in [1.807, 2.05) is 18.3 Å². The number of hydrogen-bond acceptors (Lipinski definition) is 3. The first-order valence-electron chi connectivity index (χ1n) is 5.82. The predicted molar refractivity (Wildman–Crippen MR) is 66.5 cm³/mol. The Kier molecular flexibility index (Phi) is 2.64. The van der Waals surface area contributed by atoms with Crippen molar-refractivity contribution >= 4 is 21.7 Å². The van der Waals surface area contributed by atoms with Crippen molar-refractivity contribution in [3.05, 3.63) is 22.8 Å². The highest BCUT2D eigenvalue weighted by Crippen LogP contribution is 2.40. The molecule has 2 atom stereocenters. The largest absolute Gasteiger partial charge is 0.393 e. The van der Waals surface area contributed by atoms with Gasteiger partial charge < -0.3 is 10.0 Å². The zero-order valence-corrected chi connectivity index (χ0v) is 10.6. The summed E-state index contributed by atoms with van der Waals surface area (Å²) in [5.41, 5.74) is 0. The molecule has 1 N–H and O–H groups in total. The molecule has 3 rings (SSSR count). The summed E-state index contributed by atoms with van der Waals surface area (Å²) in [6.07, 6.45) is 5.87. The van der Waals surface area contributed by atoms with Crippen LogP contribution in [0.1, 0.15) is 25.7 Å². The zero-order valence-electron chi connectivity index (χ0n) is 9.01. The second kappa shape index (κ2) is 4.00. The molecule has 2 aliphatic rings. The van der Waals surface area contributed by atoms with E-state index in [4.69, 9.17) is 0 Å². The molecule has 2 bridgehead atoms. The van der Waals surface area contributed by atoms with Crippen LogP contribution in [-0.4, -0.2) is 28.3 Å². The number of rotatable bonds is 1. The number of pyridine rings is 1. The summed E-state index contributed by atoms with van der Waals surface area (Å²) < 4.78 is 1.06. The van der Waals surface area contributed by atoms with Crippen molar-refractivity contribution in [1.82, 2.24) is 4.98 Å². The molecule has 0 saturated carbocycles. The Labute approximate surface area is 104 Å². The van der Waals surface area contributed by atoms with E-state index in [2.05, 4.69) is 25.8 Å². The number of piperidine rings is 1. The summed E-state index contributed by atoms with van der Waals surface area (Å²) in [6, 6.07) is 4.92. The molecule has 2 fully saturated rings. The molecule has 1 aromatic rings. The van der Waals surface area contributed by atoms with Crippen LogP contribution < -0.4 is 4.90 Å². The summed E-state index contributed by atoms with van der Waals surface area (Å²) in [7, 11) is 0. The Hall–Kier alpha value is -0.610. The molecule has 86 valence electrons. The van der Waals surface area contributed by atoms with Crippen LogP contribution in [-0.2, 0) is 0 Å². The van der Waals surface area contributed by atoms with Crippen LogP contribution in [0.15, 0.2) is 22.8 Å². The number of fused-ring (bicyclic) bond motifs is 2. The van der Waals surface area contributed by atoms with Gasteiger partial charge in [0.15, 0.2) is 0 Å². The van der Waals surface area contributed by atoms with Crippen molar-refractivity contribution in [1.29, 1.82) is 0 Å². The fraction of sp³-hybridized carbons (Fsp3) is 0.583. The first-order chi connectivity index (χ1) is 7.75. The summed E-state index contributed by atoms with van der Waals surface area (Å²) in [4.78, 5) is 6.86. The molecule has 2 aliphatic heterocycles. The lowest BCUT2D eigenvalue weighted by molar-refractivity contribution is 0.126. The Bertz CT molecular complexity index is 384. The lowest BCUT2D eigenvalue weighted by atomic mass is 10.00. The molecule has 4 heteroatoms. The van der Waals surface area contributed by atoms with Gasteiger partial charge in [0.05, 0.1) is 10.6 Å². The normalized spacial score (nSPS) is 33.1. The van der Waals surface area contributed by atoms with Gasteiger partial charge in [0.25, 0.3) is 0 Å². The number of hydrogen-bond donors (Lipinski definition) is 1. The number of anilines is 1. The molecule has 0 spiro atoms. The van der Waals surface area contributed by atoms with Gasteiger partial charge in [-0.3, -0.25) is 0 Å². The predicted octanol–water partition coefficient (Wildman–Crippen LogP) is 2.34. The standard InChI is InChI=1S/C12H15BrN2O/c13-11-2-1-5-14-12(11)15-8-3-4-9(15)7-10(16)6-8/h1-2,5,8-10,16H,3-4,6-7H2. The molecule has 3 heterocycles. The maximum absolute atomic E-state index is 9.77. The average molecular weight is 283 g/mol. The second-order valence-corrected chi connectivity index (χ2v) is 5.58. The quantitative estimate of drug-likeness (QED) is 0.859. The second-order valence-electron chi connectivity index (χ2n) is 4.73. The van der Waals surface area contributed by atoms with Crippen molar-refractivity contribution in [2.24, 2.45) is 0 Å². The molecule has 16 heavy (non-hydrogen) atoms. The lowest BCUT2D eigenvalue weighted by Gasteiger charge is -2.38. The number of halogens is 1. The Morgan fingerprint density at radius 3 is 2.62 bits per heavy atom. The van der Waals surface area contributed by atoms with Crippen molar-refractivity contribution in [3.63, 3.8) is 0 Å². The van der Waals surface area contributed by atoms with E-state index in [-0.39, 0.29) is 6.10 Å². The van der Waals surface area contributed by atoms with Gasteiger partial charge in [-0.2, -0.15) is 0 Å². The molecule has 2 saturated heterocycles. The Balaban J connectivity index is 1.94. The fourth-order valence-electron chi connectivity index (χ4n) is 3.06. The number of aromatic nitrogens is 1. The van der Waals surface area contributed by atoms with Gasteiger partial charge in [-0.1, -0.05) is 0 Å². The maximum Gasteiger partial charge on any atom is 0.143 e. The smallest absolute Gasteiger partial charge is 0.143 e. The topological polar surface area (TPSA) is 36.4 Å². The SMILES string of the molecule is OC1CC2CCC(C1)N2c1ncccc1Br. The van der Waals surface area contributed by atoms with Gasteiger partial charge in [0, 0.05) is 18.3 Å². The molecule has 0 aromatic carbocycles. The van der Waals surface area contributed by atoms with Crippen LogP contribution in [0.4, 0.5) is 5.82 Å². The van der Waals surface area contributed by atoms with Gasteiger partial charge in [-0.25, -0.2) is 4.98 Å². The summed E-state index contributed by atoms with van der Waals surface area (Å²) in [5, 5.41) is 9.77. The van der Waals surface area contributed by atoms with E-state index >= 15 is 0 Å². The molecule has 1 aromatic heterocycles. The highest BCUT2D eigenvalue weighted by molar-refractivity contribution is 9.10. The third-order valence-corrected chi connectivity index (χ3v) is 4.31. The van der Waals surface area contributed by atoms with Crippen LogP contribution in [0.25, 0.3) is 0 Å². The van der Waals surface area contributed by atoms with Crippen LogP contribution in [0, 0.1) is 0 Å². The zero-order chi connectivity index (χ0) is 11.1. The van der Waals surface area contributed by atoms with Crippen molar-refractivity contribution < 1.29 is 5.11 Å². The monoisotopic (exact) mass is 282 g/mol. The van der Waals surface area contributed by atoms with E-state index in [1.165, 1.54) is 12.8 Å². The van der Waals surface area contributed by atoms with Crippen molar-refractivity contribution in [2.45, 2.75) is 43.9 Å². The van der Waals surface area contributed by atoms with Gasteiger partial charge >= 0.3 is 0 Å². The van der Waals surface area contributed by atoms with Crippen LogP contribution in [0.2, 0.25) is 0 Å². The third-order valence-electron chi connectivity index (χ3n) is 3.69. The van der Waals surface area contributed by atoms with Gasteiger partial charge in [0.2, 0.25) is 0 Å². The lowest BCUT2D eigenvalue weighted by Crippen LogP contribution is -2.45. The van der Waals surface area contributed by atoms with Crippen molar-refractivity contribution in [2.75, 3.05) is 4.90 Å². The molecule has 3 nitrogen and oxygen atoms in total. The average Bonchev–Trinajstić information content (AvgIpc) is 2.53. The molecular formula is C12H15BrN2O. The minimum atomic E-state index is -0.115. The van der Waals surface area contributed by atoms with Crippen LogP contribution >= 0.6 is 15.9 Å². The number of nitrogens with zero attached hydrogens (tertiary/aromatic N) is 2. The fourth-order valence-corrected chi connectivity index (χ4v) is 3.52. The summed E-state index contributed by atoms with van der Waals surface area (Å²) in [5.74, 6) is 1.04. The molecule has 0 aliphatic carbocycles. The van der Waals surface area contributed by atoms with E-state index in [1.54, 1.807) is 0 Å². The molecule has 2 unspecified atom stereocenters. The first-order valence-corrected chi connectivity index (χ1v) is 6.62. The van der Waals surface area contributed by atoms with Crippen LogP contribution in [0.3, 0.4) is 0 Å². The Morgan fingerprint density at radius 2 is 2.00 bits per heavy atom. The van der Waals surface area contributed by atoms with E-state index in [0.717, 1.165) is 23.1 Å². The minimum absolute atomic E-state index is 0.115. The maximum atomic E-state index is 9.77. The molecular weight excluding hydrogens is 268 g/mol. The van der Waals surface area contributed by atoms with E-state index in [0.29, 0.717) is 12.1 Å². The van der Waals surface area contributed by atoms with Gasteiger partial charge in [-0.05, 0) is 53.7 Å². The highest BCUT2D eigenvalue weighted by atomic mass is 79.9. The van der Waals surface area contributed by atoms with Crippen LogP contribution in [0.5, 0.6) is 0 Å². The number of aliphatic hydroxyl groups is 1.